The third-order valence-corrected chi connectivity index (χ3v) is 7.57. The molecule has 0 aliphatic carbocycles. The number of hydrogen-bond donors (Lipinski definition) is 2. The molecule has 4 aromatic rings. The molecule has 4 rings (SSSR count). The molecule has 9 heteroatoms. The van der Waals surface area contributed by atoms with E-state index in [-0.39, 0.29) is 11.5 Å². The molecule has 5 nitrogen and oxygen atoms in total. The number of nitrogens with one attached hydrogen (secondary N) is 1. The highest BCUT2D eigenvalue weighted by Gasteiger charge is 2.11. The lowest BCUT2D eigenvalue weighted by Gasteiger charge is -2.17. The van der Waals surface area contributed by atoms with Crippen molar-refractivity contribution in [1.82, 2.24) is 9.88 Å². The highest BCUT2D eigenvalue weighted by Crippen LogP contribution is 2.36. The lowest BCUT2D eigenvalue weighted by Crippen LogP contribution is -2.20. The normalized spacial score (nSPS) is 11.1. The minimum absolute atomic E-state index is 0.135. The second kappa shape index (κ2) is 12.2. The van der Waals surface area contributed by atoms with Crippen molar-refractivity contribution < 1.29 is 18.7 Å². The van der Waals surface area contributed by atoms with Crippen LogP contribution in [0.2, 0.25) is 0 Å². The lowest BCUT2D eigenvalue weighted by atomic mass is 10.0. The minimum Gasteiger partial charge on any atom is -0.396 e. The standard InChI is InChI=1S/C27H25F2N3O2S2/c1-32(9-2-10-33)16-21-11-18(3-4-19(21)17-34)25-7-8-26(35-25)20-12-23(15-30-14-20)31-36-27-6-5-22(28)13-24(27)29/h3-8,11-15,17,31,33H,2,9-10,16H2,1H3. The molecule has 0 bridgehead atoms. The van der Waals surface area contributed by atoms with E-state index in [0.717, 1.165) is 57.3 Å². The van der Waals surface area contributed by atoms with Gasteiger partial charge in [0.1, 0.15) is 17.9 Å². The van der Waals surface area contributed by atoms with Gasteiger partial charge in [0.25, 0.3) is 0 Å². The van der Waals surface area contributed by atoms with E-state index in [9.17, 15) is 13.6 Å². The van der Waals surface area contributed by atoms with Gasteiger partial charge in [-0.2, -0.15) is 0 Å². The van der Waals surface area contributed by atoms with Gasteiger partial charge in [-0.25, -0.2) is 8.78 Å². The fourth-order valence-electron chi connectivity index (χ4n) is 3.67. The van der Waals surface area contributed by atoms with Gasteiger partial charge in [0.2, 0.25) is 0 Å². The summed E-state index contributed by atoms with van der Waals surface area (Å²) in [7, 11) is 1.97. The summed E-state index contributed by atoms with van der Waals surface area (Å²) in [6.45, 7) is 1.49. The number of benzene rings is 2. The zero-order valence-corrected chi connectivity index (χ0v) is 21.2. The van der Waals surface area contributed by atoms with Crippen molar-refractivity contribution >= 4 is 35.3 Å². The summed E-state index contributed by atoms with van der Waals surface area (Å²) in [6.07, 6.45) is 4.96. The second-order valence-electron chi connectivity index (χ2n) is 8.25. The van der Waals surface area contributed by atoms with Crippen molar-refractivity contribution in [2.75, 3.05) is 24.9 Å². The quantitative estimate of drug-likeness (QED) is 0.172. The fraction of sp³-hybridized carbons (Fsp3) is 0.185. The molecule has 0 radical (unpaired) electrons. The monoisotopic (exact) mass is 525 g/mol. The van der Waals surface area contributed by atoms with Crippen LogP contribution < -0.4 is 4.72 Å². The summed E-state index contributed by atoms with van der Waals surface area (Å²) in [4.78, 5) is 20.3. The predicted molar refractivity (Wildman–Crippen MR) is 142 cm³/mol. The van der Waals surface area contributed by atoms with Gasteiger partial charge in [0.05, 0.1) is 16.8 Å². The number of aliphatic hydroxyl groups is 1. The van der Waals surface area contributed by atoms with Crippen LogP contribution in [0.3, 0.4) is 0 Å². The minimum atomic E-state index is -0.626. The molecule has 0 aliphatic rings. The maximum atomic E-state index is 13.9. The molecule has 0 saturated carbocycles. The van der Waals surface area contributed by atoms with Crippen LogP contribution in [0.4, 0.5) is 14.5 Å². The SMILES string of the molecule is CN(CCCO)Cc1cc(-c2ccc(-c3cncc(NSc4ccc(F)cc4F)c3)s2)ccc1C=O. The van der Waals surface area contributed by atoms with Crippen LogP contribution in [0.5, 0.6) is 0 Å². The number of carbonyl (C=O) groups excluding carboxylic acids is 1. The third-order valence-electron chi connectivity index (χ3n) is 5.49. The van der Waals surface area contributed by atoms with Gasteiger partial charge in [-0.05, 0) is 72.9 Å². The van der Waals surface area contributed by atoms with Crippen LogP contribution in [-0.4, -0.2) is 41.5 Å². The number of aldehydes is 1. The number of anilines is 1. The number of rotatable bonds is 11. The summed E-state index contributed by atoms with van der Waals surface area (Å²) < 4.78 is 30.1. The Bertz CT molecular complexity index is 1350. The number of hydrogen-bond acceptors (Lipinski definition) is 7. The van der Waals surface area contributed by atoms with Crippen LogP contribution in [0.25, 0.3) is 20.9 Å². The number of pyridine rings is 1. The molecule has 36 heavy (non-hydrogen) atoms. The largest absolute Gasteiger partial charge is 0.396 e. The first kappa shape index (κ1) is 26.0. The molecule has 2 heterocycles. The van der Waals surface area contributed by atoms with Gasteiger partial charge in [-0.1, -0.05) is 12.1 Å². The molecule has 2 aromatic heterocycles. The molecule has 0 fully saturated rings. The summed E-state index contributed by atoms with van der Waals surface area (Å²) in [5.41, 5.74) is 4.22. The van der Waals surface area contributed by atoms with Gasteiger partial charge in [-0.3, -0.25) is 9.78 Å². The average molecular weight is 526 g/mol. The molecule has 2 aromatic carbocycles. The van der Waals surface area contributed by atoms with E-state index in [1.54, 1.807) is 23.7 Å². The molecule has 0 spiro atoms. The van der Waals surface area contributed by atoms with Gasteiger partial charge in [-0.15, -0.1) is 11.3 Å². The van der Waals surface area contributed by atoms with Crippen LogP contribution in [0, 0.1) is 11.6 Å². The van der Waals surface area contributed by atoms with E-state index in [1.165, 1.54) is 12.1 Å². The molecule has 0 aliphatic heterocycles. The summed E-state index contributed by atoms with van der Waals surface area (Å²) in [5.74, 6) is -1.24. The molecule has 0 amide bonds. The van der Waals surface area contributed by atoms with Gasteiger partial charge in [0.15, 0.2) is 0 Å². The molecule has 0 unspecified atom stereocenters. The van der Waals surface area contributed by atoms with E-state index in [4.69, 9.17) is 5.11 Å². The van der Waals surface area contributed by atoms with Crippen molar-refractivity contribution in [3.05, 3.63) is 89.8 Å². The highest BCUT2D eigenvalue weighted by atomic mass is 32.2. The first-order valence-electron chi connectivity index (χ1n) is 11.3. The Morgan fingerprint density at radius 2 is 1.86 bits per heavy atom. The van der Waals surface area contributed by atoms with E-state index in [0.29, 0.717) is 24.2 Å². The molecule has 186 valence electrons. The second-order valence-corrected chi connectivity index (χ2v) is 10.2. The maximum Gasteiger partial charge on any atom is 0.150 e. The molecular formula is C27H25F2N3O2S2. The van der Waals surface area contributed by atoms with Gasteiger partial charge < -0.3 is 14.7 Å². The zero-order chi connectivity index (χ0) is 25.5. The van der Waals surface area contributed by atoms with Crippen molar-refractivity contribution in [2.45, 2.75) is 17.9 Å². The summed E-state index contributed by atoms with van der Waals surface area (Å²) >= 11 is 2.66. The van der Waals surface area contributed by atoms with Crippen LogP contribution in [0.15, 0.2) is 71.9 Å². The van der Waals surface area contributed by atoms with Gasteiger partial charge >= 0.3 is 0 Å². The van der Waals surface area contributed by atoms with E-state index in [2.05, 4.69) is 14.6 Å². The number of carbonyl (C=O) groups is 1. The molecule has 2 N–H and O–H groups in total. The summed E-state index contributed by atoms with van der Waals surface area (Å²) in [6, 6.07) is 15.3. The summed E-state index contributed by atoms with van der Waals surface area (Å²) in [5, 5.41) is 9.07. The van der Waals surface area contributed by atoms with E-state index >= 15 is 0 Å². The smallest absolute Gasteiger partial charge is 0.150 e. The maximum absolute atomic E-state index is 13.9. The first-order chi connectivity index (χ1) is 17.5. The lowest BCUT2D eigenvalue weighted by molar-refractivity contribution is 0.112. The first-order valence-corrected chi connectivity index (χ1v) is 12.9. The van der Waals surface area contributed by atoms with Crippen LogP contribution >= 0.6 is 23.3 Å². The van der Waals surface area contributed by atoms with E-state index in [1.807, 2.05) is 43.4 Å². The fourth-order valence-corrected chi connectivity index (χ4v) is 5.29. The molecule has 0 saturated heterocycles. The molecular weight excluding hydrogens is 500 g/mol. The number of aliphatic hydroxyl groups excluding tert-OH is 1. The Balaban J connectivity index is 1.50. The van der Waals surface area contributed by atoms with Gasteiger partial charge in [0, 0.05) is 52.8 Å². The average Bonchev–Trinajstić information content (AvgIpc) is 3.38. The van der Waals surface area contributed by atoms with Crippen LogP contribution in [0.1, 0.15) is 22.3 Å². The van der Waals surface area contributed by atoms with Crippen molar-refractivity contribution in [2.24, 2.45) is 0 Å². The predicted octanol–water partition coefficient (Wildman–Crippen LogP) is 6.50. The highest BCUT2D eigenvalue weighted by molar-refractivity contribution is 8.00. The Labute approximate surface area is 217 Å². The number of thiophene rings is 1. The Kier molecular flexibility index (Phi) is 8.82. The number of nitrogens with zero attached hydrogens (tertiary/aromatic N) is 2. The van der Waals surface area contributed by atoms with Crippen LogP contribution in [-0.2, 0) is 6.54 Å². The number of aromatic nitrogens is 1. The number of halogens is 2. The van der Waals surface area contributed by atoms with E-state index < -0.39 is 11.6 Å². The Morgan fingerprint density at radius 3 is 2.61 bits per heavy atom. The zero-order valence-electron chi connectivity index (χ0n) is 19.6. The van der Waals surface area contributed by atoms with Crippen molar-refractivity contribution in [1.29, 1.82) is 0 Å². The Hall–Kier alpha value is -3.11. The topological polar surface area (TPSA) is 65.5 Å². The molecule has 0 atom stereocenters. The Morgan fingerprint density at radius 1 is 1.06 bits per heavy atom. The third kappa shape index (κ3) is 6.55. The van der Waals surface area contributed by atoms with Crippen molar-refractivity contribution in [3.63, 3.8) is 0 Å². The van der Waals surface area contributed by atoms with Crippen molar-refractivity contribution in [3.8, 4) is 20.9 Å².